The van der Waals surface area contributed by atoms with Crippen LogP contribution in [0.4, 0.5) is 0 Å². The lowest BCUT2D eigenvalue weighted by Crippen LogP contribution is -1.89. The molecule has 0 amide bonds. The highest BCUT2D eigenvalue weighted by Crippen LogP contribution is 2.25. The van der Waals surface area contributed by atoms with Crippen LogP contribution in [0, 0.1) is 0 Å². The van der Waals surface area contributed by atoms with Gasteiger partial charge in [-0.1, -0.05) is 42.5 Å². The van der Waals surface area contributed by atoms with Crippen molar-refractivity contribution in [2.24, 2.45) is 0 Å². The Hall–Kier alpha value is -1.52. The van der Waals surface area contributed by atoms with Crippen LogP contribution in [0.25, 0.3) is 6.08 Å². The van der Waals surface area contributed by atoms with E-state index in [0.717, 1.165) is 10.6 Å². The zero-order valence-corrected chi connectivity index (χ0v) is 11.2. The third-order valence-electron chi connectivity index (χ3n) is 2.24. The third kappa shape index (κ3) is 3.75. The Morgan fingerprint density at radius 3 is 2.78 bits per heavy atom. The molecule has 0 aliphatic heterocycles. The summed E-state index contributed by atoms with van der Waals surface area (Å²) in [6.07, 6.45) is 4.15. The van der Waals surface area contributed by atoms with Crippen LogP contribution in [0.5, 0.6) is 0 Å². The van der Waals surface area contributed by atoms with Crippen LogP contribution in [0.15, 0.2) is 52.7 Å². The van der Waals surface area contributed by atoms with E-state index >= 15 is 0 Å². The summed E-state index contributed by atoms with van der Waals surface area (Å²) in [6, 6.07) is 11.8. The lowest BCUT2D eigenvalue weighted by Gasteiger charge is -1.93. The van der Waals surface area contributed by atoms with Crippen molar-refractivity contribution in [3.63, 3.8) is 0 Å². The number of thioether (sulfide) groups is 1. The molecule has 1 aromatic carbocycles. The van der Waals surface area contributed by atoms with Gasteiger partial charge in [0.15, 0.2) is 0 Å². The Labute approximate surface area is 114 Å². The van der Waals surface area contributed by atoms with Crippen LogP contribution in [0.2, 0.25) is 0 Å². The van der Waals surface area contributed by atoms with Crippen molar-refractivity contribution in [3.05, 3.63) is 58.3 Å². The summed E-state index contributed by atoms with van der Waals surface area (Å²) in [5.41, 5.74) is 1.18. The molecule has 0 saturated heterocycles. The molecule has 0 aliphatic rings. The molecule has 2 aromatic rings. The lowest BCUT2D eigenvalue weighted by molar-refractivity contribution is 0.0702. The highest BCUT2D eigenvalue weighted by molar-refractivity contribution is 7.99. The van der Waals surface area contributed by atoms with Gasteiger partial charge < -0.3 is 5.11 Å². The van der Waals surface area contributed by atoms with E-state index in [-0.39, 0.29) is 0 Å². The first-order valence-corrected chi connectivity index (χ1v) is 7.28. The molecule has 0 fully saturated rings. The second-order valence-electron chi connectivity index (χ2n) is 3.58. The molecule has 18 heavy (non-hydrogen) atoms. The van der Waals surface area contributed by atoms with Gasteiger partial charge >= 0.3 is 5.97 Å². The van der Waals surface area contributed by atoms with Gasteiger partial charge in [0.25, 0.3) is 0 Å². The molecule has 2 nitrogen and oxygen atoms in total. The summed E-state index contributed by atoms with van der Waals surface area (Å²) in [5.74, 6) is -0.0169. The first-order chi connectivity index (χ1) is 8.75. The van der Waals surface area contributed by atoms with E-state index < -0.39 is 5.97 Å². The van der Waals surface area contributed by atoms with E-state index in [1.807, 2.05) is 35.7 Å². The van der Waals surface area contributed by atoms with Crippen LogP contribution < -0.4 is 0 Å². The first kappa shape index (κ1) is 12.9. The average Bonchev–Trinajstić information content (AvgIpc) is 2.85. The number of carbonyl (C=O) groups is 1. The number of thiophene rings is 1. The summed E-state index contributed by atoms with van der Waals surface area (Å²) in [6.45, 7) is 0. The molecule has 2 rings (SSSR count). The topological polar surface area (TPSA) is 37.3 Å². The van der Waals surface area contributed by atoms with E-state index in [4.69, 9.17) is 5.11 Å². The molecule has 0 bridgehead atoms. The molecular weight excluding hydrogens is 264 g/mol. The number of rotatable bonds is 5. The summed E-state index contributed by atoms with van der Waals surface area (Å²) >= 11 is 2.91. The average molecular weight is 276 g/mol. The monoisotopic (exact) mass is 276 g/mol. The van der Waals surface area contributed by atoms with Gasteiger partial charge in [0.2, 0.25) is 0 Å². The number of benzene rings is 1. The summed E-state index contributed by atoms with van der Waals surface area (Å²) in [4.78, 5) is 12.1. The molecule has 1 heterocycles. The van der Waals surface area contributed by atoms with Gasteiger partial charge in [0.05, 0.1) is 0 Å². The third-order valence-corrected chi connectivity index (χ3v) is 4.24. The van der Waals surface area contributed by atoms with Crippen molar-refractivity contribution in [1.29, 1.82) is 0 Å². The number of hydrogen-bond acceptors (Lipinski definition) is 3. The van der Waals surface area contributed by atoms with Crippen LogP contribution in [0.1, 0.15) is 15.2 Å². The molecule has 0 radical (unpaired) electrons. The van der Waals surface area contributed by atoms with E-state index in [2.05, 4.69) is 12.2 Å². The van der Waals surface area contributed by atoms with Crippen LogP contribution in [0.3, 0.4) is 0 Å². The number of aromatic carboxylic acids is 1. The maximum absolute atomic E-state index is 10.7. The Kier molecular flexibility index (Phi) is 4.61. The van der Waals surface area contributed by atoms with Gasteiger partial charge in [-0.05, 0) is 11.6 Å². The fraction of sp³-hybridized carbons (Fsp3) is 0.0714. The SMILES string of the molecule is O=C(O)c1cc(SCC=Cc2ccccc2)cs1. The first-order valence-electron chi connectivity index (χ1n) is 5.42. The van der Waals surface area contributed by atoms with Crippen molar-refractivity contribution in [2.45, 2.75) is 4.90 Å². The summed E-state index contributed by atoms with van der Waals surface area (Å²) in [5, 5.41) is 10.7. The van der Waals surface area contributed by atoms with Gasteiger partial charge in [-0.3, -0.25) is 0 Å². The van der Waals surface area contributed by atoms with Gasteiger partial charge in [0.1, 0.15) is 4.88 Å². The van der Waals surface area contributed by atoms with Crippen LogP contribution in [-0.2, 0) is 0 Å². The molecule has 0 aliphatic carbocycles. The molecule has 4 heteroatoms. The fourth-order valence-corrected chi connectivity index (χ4v) is 3.08. The van der Waals surface area contributed by atoms with E-state index in [0.29, 0.717) is 4.88 Å². The van der Waals surface area contributed by atoms with Crippen molar-refractivity contribution in [3.8, 4) is 0 Å². The molecule has 0 atom stereocenters. The molecular formula is C14H12O2S2. The van der Waals surface area contributed by atoms with E-state index in [9.17, 15) is 4.79 Å². The molecule has 1 aromatic heterocycles. The molecule has 0 saturated carbocycles. The molecule has 0 spiro atoms. The van der Waals surface area contributed by atoms with Gasteiger partial charge in [-0.2, -0.15) is 0 Å². The van der Waals surface area contributed by atoms with E-state index in [1.54, 1.807) is 17.8 Å². The Balaban J connectivity index is 1.85. The van der Waals surface area contributed by atoms with E-state index in [1.165, 1.54) is 16.9 Å². The molecule has 92 valence electrons. The maximum Gasteiger partial charge on any atom is 0.345 e. The number of carboxylic acids is 1. The largest absolute Gasteiger partial charge is 0.477 e. The quantitative estimate of drug-likeness (QED) is 0.829. The van der Waals surface area contributed by atoms with Crippen LogP contribution in [-0.4, -0.2) is 16.8 Å². The maximum atomic E-state index is 10.7. The van der Waals surface area contributed by atoms with Gasteiger partial charge in [-0.15, -0.1) is 23.1 Å². The highest BCUT2D eigenvalue weighted by Gasteiger charge is 2.05. The van der Waals surface area contributed by atoms with Crippen molar-refractivity contribution in [1.82, 2.24) is 0 Å². The normalized spacial score (nSPS) is 10.9. The minimum absolute atomic E-state index is 0.393. The van der Waals surface area contributed by atoms with Gasteiger partial charge in [0, 0.05) is 16.0 Å². The predicted molar refractivity (Wildman–Crippen MR) is 77.5 cm³/mol. The Morgan fingerprint density at radius 1 is 1.33 bits per heavy atom. The molecule has 0 unspecified atom stereocenters. The molecule has 1 N–H and O–H groups in total. The van der Waals surface area contributed by atoms with Crippen molar-refractivity contribution < 1.29 is 9.90 Å². The smallest absolute Gasteiger partial charge is 0.345 e. The second-order valence-corrected chi connectivity index (χ2v) is 5.58. The Morgan fingerprint density at radius 2 is 2.11 bits per heavy atom. The highest BCUT2D eigenvalue weighted by atomic mass is 32.2. The minimum atomic E-state index is -0.855. The number of hydrogen-bond donors (Lipinski definition) is 1. The van der Waals surface area contributed by atoms with Crippen LogP contribution >= 0.6 is 23.1 Å². The Bertz CT molecular complexity index is 544. The summed E-state index contributed by atoms with van der Waals surface area (Å²) in [7, 11) is 0. The predicted octanol–water partition coefficient (Wildman–Crippen LogP) is 4.25. The standard InChI is InChI=1S/C14H12O2S2/c15-14(16)13-9-12(10-18-13)17-8-4-7-11-5-2-1-3-6-11/h1-7,9-10H,8H2,(H,15,16). The van der Waals surface area contributed by atoms with Crippen molar-refractivity contribution >= 4 is 35.1 Å². The van der Waals surface area contributed by atoms with Gasteiger partial charge in [-0.25, -0.2) is 4.79 Å². The second kappa shape index (κ2) is 6.42. The summed E-state index contributed by atoms with van der Waals surface area (Å²) < 4.78 is 0. The zero-order chi connectivity index (χ0) is 12.8. The zero-order valence-electron chi connectivity index (χ0n) is 9.58. The minimum Gasteiger partial charge on any atom is -0.477 e. The fourth-order valence-electron chi connectivity index (χ4n) is 1.40. The lowest BCUT2D eigenvalue weighted by atomic mass is 10.2. The number of carboxylic acid groups (broad SMARTS) is 1. The van der Waals surface area contributed by atoms with Crippen molar-refractivity contribution in [2.75, 3.05) is 5.75 Å².